The van der Waals surface area contributed by atoms with Gasteiger partial charge in [0, 0.05) is 12.8 Å². The summed E-state index contributed by atoms with van der Waals surface area (Å²) in [6, 6.07) is 0. The van der Waals surface area contributed by atoms with Gasteiger partial charge < -0.3 is 20.4 Å². The lowest BCUT2D eigenvalue weighted by molar-refractivity contribution is -0.315. The minimum atomic E-state index is -2.52. The summed E-state index contributed by atoms with van der Waals surface area (Å²) < 4.78 is 0. The standard InChI is InChI=1S/C12H24O5/c13-11(14)9-7-5-3-1-2-4-6-8-10-12(15,16)17/h15-17H,1-10H2,(H,13,14). The third-order valence-corrected chi connectivity index (χ3v) is 2.65. The molecule has 0 aliphatic heterocycles. The van der Waals surface area contributed by atoms with Gasteiger partial charge in [0.1, 0.15) is 0 Å². The van der Waals surface area contributed by atoms with Crippen LogP contribution in [0.15, 0.2) is 0 Å². The van der Waals surface area contributed by atoms with Crippen molar-refractivity contribution in [1.29, 1.82) is 0 Å². The van der Waals surface area contributed by atoms with E-state index in [4.69, 9.17) is 20.4 Å². The quantitative estimate of drug-likeness (QED) is 0.329. The summed E-state index contributed by atoms with van der Waals surface area (Å²) in [6.45, 7) is 0. The molecule has 0 bridgehead atoms. The first-order valence-electron chi connectivity index (χ1n) is 6.31. The lowest BCUT2D eigenvalue weighted by Gasteiger charge is -2.12. The molecule has 0 heterocycles. The van der Waals surface area contributed by atoms with Crippen LogP contribution in [0.3, 0.4) is 0 Å². The number of aliphatic carboxylic acids is 1. The molecule has 0 aliphatic carbocycles. The van der Waals surface area contributed by atoms with Crippen molar-refractivity contribution in [2.45, 2.75) is 70.2 Å². The molecule has 0 aromatic carbocycles. The van der Waals surface area contributed by atoms with E-state index in [1.165, 1.54) is 0 Å². The highest BCUT2D eigenvalue weighted by molar-refractivity contribution is 5.66. The zero-order chi connectivity index (χ0) is 13.1. The van der Waals surface area contributed by atoms with Crippen molar-refractivity contribution in [2.24, 2.45) is 0 Å². The second-order valence-corrected chi connectivity index (χ2v) is 4.50. The maximum Gasteiger partial charge on any atom is 0.303 e. The molecule has 0 amide bonds. The molecule has 0 rings (SSSR count). The number of hydrogen-bond acceptors (Lipinski definition) is 4. The van der Waals surface area contributed by atoms with Gasteiger partial charge in [-0.15, -0.1) is 0 Å². The fourth-order valence-electron chi connectivity index (χ4n) is 1.70. The first kappa shape index (κ1) is 16.4. The van der Waals surface area contributed by atoms with Crippen LogP contribution in [-0.4, -0.2) is 32.4 Å². The van der Waals surface area contributed by atoms with Crippen LogP contribution >= 0.6 is 0 Å². The lowest BCUT2D eigenvalue weighted by Crippen LogP contribution is -2.26. The summed E-state index contributed by atoms with van der Waals surface area (Å²) in [5, 5.41) is 34.3. The Balaban J connectivity index is 3.06. The first-order chi connectivity index (χ1) is 7.92. The Morgan fingerprint density at radius 2 is 1.18 bits per heavy atom. The molecule has 0 fully saturated rings. The minimum Gasteiger partial charge on any atom is -0.481 e. The molecule has 0 aliphatic rings. The topological polar surface area (TPSA) is 98.0 Å². The van der Waals surface area contributed by atoms with Crippen molar-refractivity contribution < 1.29 is 25.2 Å². The Labute approximate surface area is 102 Å². The normalized spacial score (nSPS) is 11.7. The van der Waals surface area contributed by atoms with E-state index in [1.54, 1.807) is 0 Å². The molecule has 5 nitrogen and oxygen atoms in total. The molecule has 5 heteroatoms. The summed E-state index contributed by atoms with van der Waals surface area (Å²) in [6.07, 6.45) is 7.64. The number of rotatable bonds is 11. The Morgan fingerprint density at radius 1 is 0.765 bits per heavy atom. The van der Waals surface area contributed by atoms with Crippen molar-refractivity contribution in [2.75, 3.05) is 0 Å². The fraction of sp³-hybridized carbons (Fsp3) is 0.917. The second-order valence-electron chi connectivity index (χ2n) is 4.50. The number of hydrogen-bond donors (Lipinski definition) is 4. The van der Waals surface area contributed by atoms with Gasteiger partial charge in [-0.3, -0.25) is 4.79 Å². The molecule has 17 heavy (non-hydrogen) atoms. The van der Waals surface area contributed by atoms with Gasteiger partial charge in [0.2, 0.25) is 0 Å². The van der Waals surface area contributed by atoms with Crippen molar-refractivity contribution in [3.63, 3.8) is 0 Å². The molecule has 0 radical (unpaired) electrons. The van der Waals surface area contributed by atoms with Gasteiger partial charge in [0.05, 0.1) is 0 Å². The van der Waals surface area contributed by atoms with E-state index >= 15 is 0 Å². The highest BCUT2D eigenvalue weighted by atomic mass is 16.7. The van der Waals surface area contributed by atoms with Gasteiger partial charge >= 0.3 is 5.97 Å². The van der Waals surface area contributed by atoms with Gasteiger partial charge in [0.25, 0.3) is 5.97 Å². The molecule has 0 spiro atoms. The predicted molar refractivity (Wildman–Crippen MR) is 63.2 cm³/mol. The zero-order valence-corrected chi connectivity index (χ0v) is 10.3. The van der Waals surface area contributed by atoms with E-state index in [1.807, 2.05) is 0 Å². The smallest absolute Gasteiger partial charge is 0.303 e. The van der Waals surface area contributed by atoms with E-state index in [2.05, 4.69) is 0 Å². The van der Waals surface area contributed by atoms with Crippen molar-refractivity contribution in [3.05, 3.63) is 0 Å². The monoisotopic (exact) mass is 248 g/mol. The van der Waals surface area contributed by atoms with Crippen LogP contribution in [0.4, 0.5) is 0 Å². The molecule has 0 aromatic heterocycles. The van der Waals surface area contributed by atoms with Crippen molar-refractivity contribution in [1.82, 2.24) is 0 Å². The highest BCUT2D eigenvalue weighted by Crippen LogP contribution is 2.13. The zero-order valence-electron chi connectivity index (χ0n) is 10.3. The molecular weight excluding hydrogens is 224 g/mol. The van der Waals surface area contributed by atoms with Crippen molar-refractivity contribution in [3.8, 4) is 0 Å². The van der Waals surface area contributed by atoms with Crippen LogP contribution in [-0.2, 0) is 4.79 Å². The number of carbonyl (C=O) groups is 1. The van der Waals surface area contributed by atoms with Crippen LogP contribution in [0.2, 0.25) is 0 Å². The Kier molecular flexibility index (Phi) is 9.03. The number of carboxylic acids is 1. The summed E-state index contributed by atoms with van der Waals surface area (Å²) in [5.41, 5.74) is 0. The molecular formula is C12H24O5. The first-order valence-corrected chi connectivity index (χ1v) is 6.31. The third-order valence-electron chi connectivity index (χ3n) is 2.65. The van der Waals surface area contributed by atoms with E-state index in [0.29, 0.717) is 6.42 Å². The molecule has 0 saturated carbocycles. The molecule has 0 saturated heterocycles. The van der Waals surface area contributed by atoms with E-state index in [9.17, 15) is 4.79 Å². The molecule has 0 atom stereocenters. The Bertz CT molecular complexity index is 198. The number of unbranched alkanes of at least 4 members (excludes halogenated alkanes) is 7. The highest BCUT2D eigenvalue weighted by Gasteiger charge is 2.16. The van der Waals surface area contributed by atoms with Gasteiger partial charge in [0.15, 0.2) is 0 Å². The number of carboxylic acid groups (broad SMARTS) is 1. The summed E-state index contributed by atoms with van der Waals surface area (Å²) in [4.78, 5) is 10.2. The summed E-state index contributed by atoms with van der Waals surface area (Å²) in [5.74, 6) is -3.25. The van der Waals surface area contributed by atoms with E-state index in [-0.39, 0.29) is 12.8 Å². The average molecular weight is 248 g/mol. The summed E-state index contributed by atoms with van der Waals surface area (Å²) >= 11 is 0. The number of aliphatic hydroxyl groups is 3. The van der Waals surface area contributed by atoms with E-state index < -0.39 is 11.9 Å². The largest absolute Gasteiger partial charge is 0.481 e. The summed E-state index contributed by atoms with van der Waals surface area (Å²) in [7, 11) is 0. The van der Waals surface area contributed by atoms with Crippen LogP contribution < -0.4 is 0 Å². The Hall–Kier alpha value is -0.650. The SMILES string of the molecule is O=C(O)CCCCCCCCCCC(O)(O)O. The van der Waals surface area contributed by atoms with Crippen LogP contribution in [0.1, 0.15) is 64.2 Å². The fourth-order valence-corrected chi connectivity index (χ4v) is 1.70. The van der Waals surface area contributed by atoms with Crippen LogP contribution in [0.25, 0.3) is 0 Å². The van der Waals surface area contributed by atoms with Crippen LogP contribution in [0, 0.1) is 0 Å². The predicted octanol–water partition coefficient (Wildman–Crippen LogP) is 1.60. The van der Waals surface area contributed by atoms with Crippen molar-refractivity contribution >= 4 is 5.97 Å². The third kappa shape index (κ3) is 15.4. The Morgan fingerprint density at radius 3 is 1.59 bits per heavy atom. The van der Waals surface area contributed by atoms with Gasteiger partial charge in [-0.05, 0) is 12.8 Å². The van der Waals surface area contributed by atoms with Crippen LogP contribution in [0.5, 0.6) is 0 Å². The maximum absolute atomic E-state index is 10.2. The van der Waals surface area contributed by atoms with Gasteiger partial charge in [-0.25, -0.2) is 0 Å². The molecule has 0 aromatic rings. The van der Waals surface area contributed by atoms with Gasteiger partial charge in [-0.1, -0.05) is 38.5 Å². The van der Waals surface area contributed by atoms with Gasteiger partial charge in [-0.2, -0.15) is 0 Å². The van der Waals surface area contributed by atoms with E-state index in [0.717, 1.165) is 44.9 Å². The lowest BCUT2D eigenvalue weighted by atomic mass is 10.1. The minimum absolute atomic E-state index is 0.00832. The molecule has 4 N–H and O–H groups in total. The molecule has 102 valence electrons. The maximum atomic E-state index is 10.2. The molecule has 0 unspecified atom stereocenters. The average Bonchev–Trinajstić information content (AvgIpc) is 2.18. The second kappa shape index (κ2) is 9.39.